The number of benzene rings is 1. The molecule has 1 aromatic carbocycles. The summed E-state index contributed by atoms with van der Waals surface area (Å²) in [7, 11) is 0. The number of aliphatic carboxylic acids is 1. The van der Waals surface area contributed by atoms with Gasteiger partial charge in [0.1, 0.15) is 12.2 Å². The van der Waals surface area contributed by atoms with Crippen molar-refractivity contribution >= 4 is 17.7 Å². The predicted molar refractivity (Wildman–Crippen MR) is 71.8 cm³/mol. The third-order valence-electron chi connectivity index (χ3n) is 2.84. The minimum atomic E-state index is -0.933. The van der Waals surface area contributed by atoms with Crippen LogP contribution in [0.1, 0.15) is 22.6 Å². The Morgan fingerprint density at radius 3 is 2.79 bits per heavy atom. The zero-order valence-electron chi connectivity index (χ0n) is 11.2. The average molecular weight is 260 g/mol. The molecule has 2 N–H and O–H groups in total. The van der Waals surface area contributed by atoms with Crippen LogP contribution in [0.15, 0.2) is 22.6 Å². The number of rotatable bonds is 4. The Kier molecular flexibility index (Phi) is 3.55. The molecule has 2 aromatic rings. The maximum Gasteiger partial charge on any atom is 0.311 e. The largest absolute Gasteiger partial charge is 0.481 e. The standard InChI is InChI=1S/C14H16N2O3/c1-8-4-5-9(2)11(6-8)16-14-15-10(3)12(19-14)7-13(17)18/h4-6H,7H2,1-3H3,(H,15,16)(H,17,18). The molecule has 0 aliphatic carbocycles. The second-order valence-corrected chi connectivity index (χ2v) is 4.54. The van der Waals surface area contributed by atoms with Gasteiger partial charge in [-0.15, -0.1) is 0 Å². The Labute approximate surface area is 111 Å². The molecule has 19 heavy (non-hydrogen) atoms. The fraction of sp³-hybridized carbons (Fsp3) is 0.286. The van der Waals surface area contributed by atoms with Crippen LogP contribution in [0.4, 0.5) is 11.7 Å². The van der Waals surface area contributed by atoms with Gasteiger partial charge in [0.05, 0.1) is 5.69 Å². The fourth-order valence-electron chi connectivity index (χ4n) is 1.77. The number of aromatic nitrogens is 1. The molecular weight excluding hydrogens is 244 g/mol. The summed E-state index contributed by atoms with van der Waals surface area (Å²) < 4.78 is 5.42. The van der Waals surface area contributed by atoms with E-state index in [-0.39, 0.29) is 6.42 Å². The molecule has 0 aliphatic rings. The highest BCUT2D eigenvalue weighted by molar-refractivity contribution is 5.69. The monoisotopic (exact) mass is 260 g/mol. The lowest BCUT2D eigenvalue weighted by Crippen LogP contribution is -1.99. The zero-order valence-corrected chi connectivity index (χ0v) is 11.2. The number of carbonyl (C=O) groups is 1. The molecule has 0 spiro atoms. The van der Waals surface area contributed by atoms with Crippen LogP contribution in [-0.2, 0) is 11.2 Å². The van der Waals surface area contributed by atoms with E-state index >= 15 is 0 Å². The highest BCUT2D eigenvalue weighted by Crippen LogP contribution is 2.23. The predicted octanol–water partition coefficient (Wildman–Crippen LogP) is 2.97. The van der Waals surface area contributed by atoms with Crippen molar-refractivity contribution in [3.63, 3.8) is 0 Å². The molecule has 0 atom stereocenters. The number of oxazole rings is 1. The maximum atomic E-state index is 10.7. The summed E-state index contributed by atoms with van der Waals surface area (Å²) >= 11 is 0. The summed E-state index contributed by atoms with van der Waals surface area (Å²) in [4.78, 5) is 14.9. The molecule has 0 unspecified atom stereocenters. The minimum Gasteiger partial charge on any atom is -0.481 e. The third kappa shape index (κ3) is 3.13. The summed E-state index contributed by atoms with van der Waals surface area (Å²) in [6, 6.07) is 6.34. The molecule has 1 aromatic heterocycles. The topological polar surface area (TPSA) is 75.4 Å². The Morgan fingerprint density at radius 2 is 2.11 bits per heavy atom. The van der Waals surface area contributed by atoms with Crippen molar-refractivity contribution in [2.75, 3.05) is 5.32 Å². The lowest BCUT2D eigenvalue weighted by molar-refractivity contribution is -0.136. The molecule has 5 heteroatoms. The first-order valence-electron chi connectivity index (χ1n) is 5.98. The number of nitrogens with zero attached hydrogens (tertiary/aromatic N) is 1. The lowest BCUT2D eigenvalue weighted by Gasteiger charge is -2.06. The summed E-state index contributed by atoms with van der Waals surface area (Å²) in [5, 5.41) is 11.8. The van der Waals surface area contributed by atoms with Gasteiger partial charge in [-0.3, -0.25) is 4.79 Å². The third-order valence-corrected chi connectivity index (χ3v) is 2.84. The highest BCUT2D eigenvalue weighted by Gasteiger charge is 2.13. The second kappa shape index (κ2) is 5.14. The van der Waals surface area contributed by atoms with E-state index in [1.807, 2.05) is 32.0 Å². The summed E-state index contributed by atoms with van der Waals surface area (Å²) in [5.41, 5.74) is 3.70. The van der Waals surface area contributed by atoms with Gasteiger partial charge < -0.3 is 14.8 Å². The molecule has 100 valence electrons. The Hall–Kier alpha value is -2.30. The van der Waals surface area contributed by atoms with Crippen molar-refractivity contribution in [1.82, 2.24) is 4.98 Å². The van der Waals surface area contributed by atoms with Gasteiger partial charge in [0, 0.05) is 5.69 Å². The number of anilines is 2. The van der Waals surface area contributed by atoms with E-state index in [1.54, 1.807) is 6.92 Å². The van der Waals surface area contributed by atoms with Crippen molar-refractivity contribution in [3.8, 4) is 0 Å². The smallest absolute Gasteiger partial charge is 0.311 e. The molecular formula is C14H16N2O3. The van der Waals surface area contributed by atoms with E-state index in [0.29, 0.717) is 17.5 Å². The van der Waals surface area contributed by atoms with Crippen molar-refractivity contribution in [1.29, 1.82) is 0 Å². The number of nitrogens with one attached hydrogen (secondary N) is 1. The normalized spacial score (nSPS) is 10.5. The average Bonchev–Trinajstić information content (AvgIpc) is 2.64. The molecule has 0 amide bonds. The number of aryl methyl sites for hydroxylation is 3. The van der Waals surface area contributed by atoms with Crippen molar-refractivity contribution in [2.45, 2.75) is 27.2 Å². The summed E-state index contributed by atoms with van der Waals surface area (Å²) in [6.07, 6.45) is -0.159. The van der Waals surface area contributed by atoms with Gasteiger partial charge in [0.25, 0.3) is 6.01 Å². The lowest BCUT2D eigenvalue weighted by atomic mass is 10.1. The summed E-state index contributed by atoms with van der Waals surface area (Å²) in [5.74, 6) is -0.558. The molecule has 0 radical (unpaired) electrons. The van der Waals surface area contributed by atoms with Gasteiger partial charge in [-0.25, -0.2) is 0 Å². The molecule has 2 rings (SSSR count). The van der Waals surface area contributed by atoms with Gasteiger partial charge >= 0.3 is 5.97 Å². The first-order chi connectivity index (χ1) is 8.95. The first kappa shape index (κ1) is 13.1. The van der Waals surface area contributed by atoms with Crippen LogP contribution >= 0.6 is 0 Å². The molecule has 0 saturated heterocycles. The van der Waals surface area contributed by atoms with E-state index < -0.39 is 5.97 Å². The van der Waals surface area contributed by atoms with Crippen molar-refractivity contribution in [2.24, 2.45) is 0 Å². The molecule has 5 nitrogen and oxygen atoms in total. The van der Waals surface area contributed by atoms with Crippen LogP contribution < -0.4 is 5.32 Å². The van der Waals surface area contributed by atoms with Crippen molar-refractivity contribution < 1.29 is 14.3 Å². The Balaban J connectivity index is 2.24. The van der Waals surface area contributed by atoms with Gasteiger partial charge in [-0.2, -0.15) is 4.98 Å². The van der Waals surface area contributed by atoms with E-state index in [0.717, 1.165) is 16.8 Å². The van der Waals surface area contributed by atoms with Gasteiger partial charge in [0.15, 0.2) is 0 Å². The van der Waals surface area contributed by atoms with Crippen LogP contribution in [0.3, 0.4) is 0 Å². The Morgan fingerprint density at radius 1 is 1.37 bits per heavy atom. The van der Waals surface area contributed by atoms with Crippen LogP contribution in [0.2, 0.25) is 0 Å². The zero-order chi connectivity index (χ0) is 14.0. The number of carboxylic acid groups (broad SMARTS) is 1. The van der Waals surface area contributed by atoms with E-state index in [1.165, 1.54) is 0 Å². The molecule has 0 bridgehead atoms. The maximum absolute atomic E-state index is 10.7. The van der Waals surface area contributed by atoms with Crippen LogP contribution in [0, 0.1) is 20.8 Å². The SMILES string of the molecule is Cc1ccc(C)c(Nc2nc(C)c(CC(=O)O)o2)c1. The van der Waals surface area contributed by atoms with Crippen LogP contribution in [-0.4, -0.2) is 16.1 Å². The van der Waals surface area contributed by atoms with E-state index in [9.17, 15) is 4.79 Å². The Bertz CT molecular complexity index is 617. The number of carboxylic acids is 1. The highest BCUT2D eigenvalue weighted by atomic mass is 16.4. The van der Waals surface area contributed by atoms with Gasteiger partial charge in [-0.1, -0.05) is 12.1 Å². The fourth-order valence-corrected chi connectivity index (χ4v) is 1.77. The molecule has 0 aliphatic heterocycles. The first-order valence-corrected chi connectivity index (χ1v) is 5.98. The number of hydrogen-bond acceptors (Lipinski definition) is 4. The quantitative estimate of drug-likeness (QED) is 0.883. The van der Waals surface area contributed by atoms with Gasteiger partial charge in [-0.05, 0) is 38.0 Å². The van der Waals surface area contributed by atoms with E-state index in [4.69, 9.17) is 9.52 Å². The molecule has 0 fully saturated rings. The van der Waals surface area contributed by atoms with Crippen molar-refractivity contribution in [3.05, 3.63) is 40.8 Å². The van der Waals surface area contributed by atoms with Crippen LogP contribution in [0.5, 0.6) is 0 Å². The second-order valence-electron chi connectivity index (χ2n) is 4.54. The molecule has 1 heterocycles. The van der Waals surface area contributed by atoms with Crippen LogP contribution in [0.25, 0.3) is 0 Å². The number of hydrogen-bond donors (Lipinski definition) is 2. The minimum absolute atomic E-state index is 0.159. The summed E-state index contributed by atoms with van der Waals surface area (Å²) in [6.45, 7) is 5.72. The molecule has 0 saturated carbocycles. The van der Waals surface area contributed by atoms with E-state index in [2.05, 4.69) is 10.3 Å². The van der Waals surface area contributed by atoms with Gasteiger partial charge in [0.2, 0.25) is 0 Å².